The molecule has 10 heteroatoms. The van der Waals surface area contributed by atoms with Gasteiger partial charge in [0.05, 0.1) is 25.9 Å². The van der Waals surface area contributed by atoms with E-state index < -0.39 is 17.7 Å². The summed E-state index contributed by atoms with van der Waals surface area (Å²) >= 11 is 0. The predicted molar refractivity (Wildman–Crippen MR) is 148 cm³/mol. The molecular weight excluding hydrogens is 496 g/mol. The molecular formula is C29H42N6O4. The van der Waals surface area contributed by atoms with Gasteiger partial charge in [-0.05, 0) is 31.2 Å². The van der Waals surface area contributed by atoms with Crippen LogP contribution in [0.4, 0.5) is 4.79 Å². The van der Waals surface area contributed by atoms with Gasteiger partial charge in [-0.25, -0.2) is 9.79 Å². The van der Waals surface area contributed by atoms with Gasteiger partial charge in [0.15, 0.2) is 0 Å². The second kappa shape index (κ2) is 14.3. The van der Waals surface area contributed by atoms with Crippen molar-refractivity contribution < 1.29 is 19.1 Å². The van der Waals surface area contributed by atoms with Crippen LogP contribution in [-0.2, 0) is 20.8 Å². The first-order chi connectivity index (χ1) is 19.0. The molecule has 1 aromatic carbocycles. The van der Waals surface area contributed by atoms with Crippen molar-refractivity contribution in [1.29, 1.82) is 5.26 Å². The summed E-state index contributed by atoms with van der Waals surface area (Å²) in [5.74, 6) is 0.443. The van der Waals surface area contributed by atoms with E-state index in [9.17, 15) is 14.9 Å². The van der Waals surface area contributed by atoms with Crippen LogP contribution >= 0.6 is 0 Å². The Kier molecular flexibility index (Phi) is 10.6. The molecule has 1 aromatic rings. The van der Waals surface area contributed by atoms with E-state index in [-0.39, 0.29) is 12.5 Å². The first kappa shape index (κ1) is 28.8. The Morgan fingerprint density at radius 1 is 1.18 bits per heavy atom. The van der Waals surface area contributed by atoms with E-state index in [1.807, 2.05) is 23.1 Å². The van der Waals surface area contributed by atoms with Gasteiger partial charge in [0, 0.05) is 32.7 Å². The molecule has 2 unspecified atom stereocenters. The largest absolute Gasteiger partial charge is 0.450 e. The summed E-state index contributed by atoms with van der Waals surface area (Å²) in [6, 6.07) is 11.8. The van der Waals surface area contributed by atoms with Gasteiger partial charge < -0.3 is 19.7 Å². The number of rotatable bonds is 8. The average Bonchev–Trinajstić information content (AvgIpc) is 3.36. The second-order valence-corrected chi connectivity index (χ2v) is 10.8. The van der Waals surface area contributed by atoms with Gasteiger partial charge in [-0.2, -0.15) is 5.26 Å². The van der Waals surface area contributed by atoms with Crippen molar-refractivity contribution in [2.45, 2.75) is 70.0 Å². The number of aliphatic imine (C=N–C) groups is 1. The lowest BCUT2D eigenvalue weighted by Gasteiger charge is -2.32. The monoisotopic (exact) mass is 538 g/mol. The highest BCUT2D eigenvalue weighted by atomic mass is 16.5. The Morgan fingerprint density at radius 3 is 2.62 bits per heavy atom. The summed E-state index contributed by atoms with van der Waals surface area (Å²) in [5, 5.41) is 16.1. The number of nitrogens with zero attached hydrogens (tertiary/aromatic N) is 4. The number of morpholine rings is 1. The van der Waals surface area contributed by atoms with Crippen molar-refractivity contribution in [2.24, 2.45) is 10.9 Å². The fraction of sp³-hybridized carbons (Fsp3) is 0.655. The molecule has 2 N–H and O–H groups in total. The quantitative estimate of drug-likeness (QED) is 0.386. The summed E-state index contributed by atoms with van der Waals surface area (Å²) in [4.78, 5) is 35.2. The zero-order valence-corrected chi connectivity index (χ0v) is 23.1. The van der Waals surface area contributed by atoms with Crippen LogP contribution in [0.1, 0.15) is 57.4 Å². The third kappa shape index (κ3) is 8.41. The maximum Gasteiger partial charge on any atom is 0.413 e. The molecule has 3 fully saturated rings. The molecule has 4 rings (SSSR count). The fourth-order valence-electron chi connectivity index (χ4n) is 5.74. The Bertz CT molecular complexity index is 1020. The number of guanidine groups is 1. The molecule has 2 heterocycles. The highest BCUT2D eigenvalue weighted by molar-refractivity contribution is 5.96. The van der Waals surface area contributed by atoms with Crippen LogP contribution in [-0.4, -0.2) is 85.3 Å². The standard InChI is InChI=1S/C29H42N6O4/c1-2-39-28(37)32-27(35-15-17-38-18-16-35)31-25(19-23-9-5-3-6-10-23)26(36)33-29(21-30)13-14-34(22-29)20-24-11-7-4-8-12-24/h4,7-8,11-12,23,25H,2-3,5-6,9-10,13-20,22H2,1H3,(H,33,36)(H,31,32,37). The SMILES string of the molecule is CCOC(=O)NC(=NC(CC1CCCCC1)C(=O)NC1(C#N)CCN(Cc2ccccc2)C1)N1CCOCC1. The average molecular weight is 539 g/mol. The zero-order valence-electron chi connectivity index (χ0n) is 23.1. The number of alkyl carbamates (subject to hydrolysis) is 1. The summed E-state index contributed by atoms with van der Waals surface area (Å²) in [5.41, 5.74) is 0.206. The number of nitrogens with one attached hydrogen (secondary N) is 2. The third-order valence-corrected chi connectivity index (χ3v) is 7.84. The topological polar surface area (TPSA) is 119 Å². The van der Waals surface area contributed by atoms with Crippen LogP contribution in [0.15, 0.2) is 35.3 Å². The van der Waals surface area contributed by atoms with E-state index in [0.29, 0.717) is 57.6 Å². The molecule has 2 saturated heterocycles. The second-order valence-electron chi connectivity index (χ2n) is 10.8. The summed E-state index contributed by atoms with van der Waals surface area (Å²) in [6.45, 7) is 6.03. The summed E-state index contributed by atoms with van der Waals surface area (Å²) in [7, 11) is 0. The maximum atomic E-state index is 13.9. The van der Waals surface area contributed by atoms with Crippen LogP contribution in [0.2, 0.25) is 0 Å². The summed E-state index contributed by atoms with van der Waals surface area (Å²) in [6.07, 6.45) is 6.18. The molecule has 0 radical (unpaired) electrons. The Hall–Kier alpha value is -3.16. The van der Waals surface area contributed by atoms with Crippen LogP contribution in [0.3, 0.4) is 0 Å². The smallest absolute Gasteiger partial charge is 0.413 e. The lowest BCUT2D eigenvalue weighted by Crippen LogP contribution is -2.54. The van der Waals surface area contributed by atoms with Crippen LogP contribution in [0.5, 0.6) is 0 Å². The van der Waals surface area contributed by atoms with Crippen molar-refractivity contribution in [3.63, 3.8) is 0 Å². The molecule has 10 nitrogen and oxygen atoms in total. The lowest BCUT2D eigenvalue weighted by atomic mass is 9.84. The van der Waals surface area contributed by atoms with Gasteiger partial charge in [-0.3, -0.25) is 15.0 Å². The third-order valence-electron chi connectivity index (χ3n) is 7.84. The number of carbonyl (C=O) groups excluding carboxylic acids is 2. The number of benzene rings is 1. The molecule has 212 valence electrons. The highest BCUT2D eigenvalue weighted by Gasteiger charge is 2.41. The van der Waals surface area contributed by atoms with Crippen LogP contribution in [0, 0.1) is 17.2 Å². The van der Waals surface area contributed by atoms with Crippen molar-refractivity contribution in [3.05, 3.63) is 35.9 Å². The molecule has 1 aliphatic carbocycles. The number of ether oxygens (including phenoxy) is 2. The number of hydrogen-bond donors (Lipinski definition) is 2. The Morgan fingerprint density at radius 2 is 1.92 bits per heavy atom. The van der Waals surface area contributed by atoms with E-state index in [4.69, 9.17) is 14.5 Å². The van der Waals surface area contributed by atoms with Crippen molar-refractivity contribution in [1.82, 2.24) is 20.4 Å². The van der Waals surface area contributed by atoms with Crippen LogP contribution < -0.4 is 10.6 Å². The zero-order chi connectivity index (χ0) is 27.5. The molecule has 0 aromatic heterocycles. The molecule has 2 atom stereocenters. The number of nitriles is 1. The van der Waals surface area contributed by atoms with Gasteiger partial charge in [0.2, 0.25) is 11.9 Å². The van der Waals surface area contributed by atoms with Gasteiger partial charge in [0.1, 0.15) is 11.6 Å². The van der Waals surface area contributed by atoms with Crippen LogP contribution in [0.25, 0.3) is 0 Å². The first-order valence-corrected chi connectivity index (χ1v) is 14.3. The van der Waals surface area contributed by atoms with Gasteiger partial charge in [0.25, 0.3) is 0 Å². The normalized spacial score (nSPS) is 23.6. The number of amides is 2. The van der Waals surface area contributed by atoms with Gasteiger partial charge in [-0.1, -0.05) is 62.4 Å². The van der Waals surface area contributed by atoms with Gasteiger partial charge in [-0.15, -0.1) is 0 Å². The highest BCUT2D eigenvalue weighted by Crippen LogP contribution is 2.29. The number of carbonyl (C=O) groups is 2. The lowest BCUT2D eigenvalue weighted by molar-refractivity contribution is -0.124. The molecule has 2 amide bonds. The minimum Gasteiger partial charge on any atom is -0.450 e. The summed E-state index contributed by atoms with van der Waals surface area (Å²) < 4.78 is 10.6. The van der Waals surface area contributed by atoms with Crippen molar-refractivity contribution in [2.75, 3.05) is 46.0 Å². The van der Waals surface area contributed by atoms with E-state index in [1.54, 1.807) is 6.92 Å². The van der Waals surface area contributed by atoms with Gasteiger partial charge >= 0.3 is 6.09 Å². The Balaban J connectivity index is 1.52. The number of hydrogen-bond acceptors (Lipinski definition) is 7. The van der Waals surface area contributed by atoms with E-state index >= 15 is 0 Å². The molecule has 3 aliphatic rings. The minimum atomic E-state index is -0.972. The molecule has 0 spiro atoms. The first-order valence-electron chi connectivity index (χ1n) is 14.3. The van der Waals surface area contributed by atoms with Crippen molar-refractivity contribution in [3.8, 4) is 6.07 Å². The minimum absolute atomic E-state index is 0.235. The predicted octanol–water partition coefficient (Wildman–Crippen LogP) is 3.04. The molecule has 39 heavy (non-hydrogen) atoms. The maximum absolute atomic E-state index is 13.9. The van der Waals surface area contributed by atoms with E-state index in [2.05, 4.69) is 33.7 Å². The van der Waals surface area contributed by atoms with Crippen molar-refractivity contribution >= 4 is 18.0 Å². The van der Waals surface area contributed by atoms with E-state index in [0.717, 1.165) is 38.8 Å². The van der Waals surface area contributed by atoms with E-state index in [1.165, 1.54) is 12.0 Å². The fourth-order valence-corrected chi connectivity index (χ4v) is 5.74. The molecule has 2 aliphatic heterocycles. The molecule has 0 bridgehead atoms. The number of likely N-dealkylation sites (tertiary alicyclic amines) is 1. The Labute approximate surface area is 231 Å². The molecule has 1 saturated carbocycles.